The summed E-state index contributed by atoms with van der Waals surface area (Å²) < 4.78 is 5.62. The Morgan fingerprint density at radius 2 is 2.12 bits per heavy atom. The van der Waals surface area contributed by atoms with Crippen LogP contribution in [0.1, 0.15) is 29.3 Å². The number of nitrogens with one attached hydrogen (secondary N) is 2. The van der Waals surface area contributed by atoms with Crippen LogP contribution in [0.25, 0.3) is 0 Å². The molecule has 0 saturated heterocycles. The van der Waals surface area contributed by atoms with Crippen molar-refractivity contribution in [1.82, 2.24) is 9.97 Å². The van der Waals surface area contributed by atoms with Crippen LogP contribution >= 0.6 is 0 Å². The standard InChI is InChI=1S/C17H24N6O2/c1-3-20-17-22-15(21-12-7-4-6-11(2)10-12)13(14(19)24)16(23-17)25-9-5-8-18/h4,6-7,10H,3,5,8-9,18H2,1-2H3,(H2,19,24)(H2,20,21,22,23). The number of aryl methyl sites for hydroxylation is 1. The third-order valence-electron chi connectivity index (χ3n) is 3.33. The van der Waals surface area contributed by atoms with Gasteiger partial charge >= 0.3 is 0 Å². The summed E-state index contributed by atoms with van der Waals surface area (Å²) in [7, 11) is 0. The van der Waals surface area contributed by atoms with Gasteiger partial charge < -0.3 is 26.8 Å². The fraction of sp³-hybridized carbons (Fsp3) is 0.353. The van der Waals surface area contributed by atoms with Gasteiger partial charge in [0.1, 0.15) is 5.56 Å². The summed E-state index contributed by atoms with van der Waals surface area (Å²) in [6.07, 6.45) is 0.638. The Morgan fingerprint density at radius 1 is 1.32 bits per heavy atom. The maximum atomic E-state index is 12.0. The highest BCUT2D eigenvalue weighted by atomic mass is 16.5. The van der Waals surface area contributed by atoms with Crippen LogP contribution in [0.5, 0.6) is 5.88 Å². The van der Waals surface area contributed by atoms with E-state index in [1.165, 1.54) is 0 Å². The first-order valence-corrected chi connectivity index (χ1v) is 8.17. The topological polar surface area (TPSA) is 128 Å². The van der Waals surface area contributed by atoms with Crippen molar-refractivity contribution >= 4 is 23.4 Å². The number of rotatable bonds is 9. The second kappa shape index (κ2) is 8.84. The summed E-state index contributed by atoms with van der Waals surface area (Å²) in [5.41, 5.74) is 13.0. The second-order valence-electron chi connectivity index (χ2n) is 5.46. The van der Waals surface area contributed by atoms with Crippen molar-refractivity contribution in [1.29, 1.82) is 0 Å². The van der Waals surface area contributed by atoms with Crippen molar-refractivity contribution in [3.63, 3.8) is 0 Å². The van der Waals surface area contributed by atoms with Gasteiger partial charge in [-0.15, -0.1) is 0 Å². The highest BCUT2D eigenvalue weighted by Crippen LogP contribution is 2.27. The maximum Gasteiger partial charge on any atom is 0.258 e. The lowest BCUT2D eigenvalue weighted by Gasteiger charge is -2.15. The number of amides is 1. The lowest BCUT2D eigenvalue weighted by Crippen LogP contribution is -2.19. The predicted molar refractivity (Wildman–Crippen MR) is 98.3 cm³/mol. The Morgan fingerprint density at radius 3 is 2.76 bits per heavy atom. The molecule has 1 aromatic heterocycles. The molecule has 8 heteroatoms. The third-order valence-corrected chi connectivity index (χ3v) is 3.33. The van der Waals surface area contributed by atoms with Crippen molar-refractivity contribution in [2.75, 3.05) is 30.3 Å². The van der Waals surface area contributed by atoms with Gasteiger partial charge in [0, 0.05) is 12.2 Å². The van der Waals surface area contributed by atoms with E-state index in [0.29, 0.717) is 37.9 Å². The molecule has 0 atom stereocenters. The van der Waals surface area contributed by atoms with Gasteiger partial charge in [-0.05, 0) is 44.5 Å². The molecule has 0 saturated carbocycles. The SMILES string of the molecule is CCNc1nc(Nc2cccc(C)c2)c(C(N)=O)c(OCCCN)n1. The van der Waals surface area contributed by atoms with E-state index >= 15 is 0 Å². The lowest BCUT2D eigenvalue weighted by molar-refractivity contribution is 0.0996. The number of ether oxygens (including phenoxy) is 1. The van der Waals surface area contributed by atoms with Crippen molar-refractivity contribution in [3.8, 4) is 5.88 Å². The molecule has 0 aliphatic carbocycles. The van der Waals surface area contributed by atoms with Gasteiger partial charge in [-0.1, -0.05) is 12.1 Å². The molecule has 0 unspecified atom stereocenters. The second-order valence-corrected chi connectivity index (χ2v) is 5.46. The smallest absolute Gasteiger partial charge is 0.258 e. The van der Waals surface area contributed by atoms with Crippen LogP contribution in [0.15, 0.2) is 24.3 Å². The molecule has 2 rings (SSSR count). The van der Waals surface area contributed by atoms with Gasteiger partial charge in [-0.2, -0.15) is 9.97 Å². The van der Waals surface area contributed by atoms with Crippen molar-refractivity contribution < 1.29 is 9.53 Å². The number of hydrogen-bond acceptors (Lipinski definition) is 7. The molecule has 0 bridgehead atoms. The molecule has 0 radical (unpaired) electrons. The number of anilines is 3. The number of nitrogens with two attached hydrogens (primary N) is 2. The van der Waals surface area contributed by atoms with Gasteiger partial charge in [-0.25, -0.2) is 0 Å². The van der Waals surface area contributed by atoms with Crippen molar-refractivity contribution in [3.05, 3.63) is 35.4 Å². The van der Waals surface area contributed by atoms with Crippen LogP contribution < -0.4 is 26.8 Å². The Kier molecular flexibility index (Phi) is 6.53. The average molecular weight is 344 g/mol. The minimum Gasteiger partial charge on any atom is -0.477 e. The Hall–Kier alpha value is -2.87. The Balaban J connectivity index is 2.44. The minimum absolute atomic E-state index is 0.111. The van der Waals surface area contributed by atoms with E-state index in [1.807, 2.05) is 38.1 Å². The van der Waals surface area contributed by atoms with E-state index < -0.39 is 5.91 Å². The van der Waals surface area contributed by atoms with Gasteiger partial charge in [0.05, 0.1) is 6.61 Å². The molecule has 6 N–H and O–H groups in total. The zero-order chi connectivity index (χ0) is 18.2. The minimum atomic E-state index is -0.666. The quantitative estimate of drug-likeness (QED) is 0.510. The number of primary amides is 1. The average Bonchev–Trinajstić information content (AvgIpc) is 2.55. The molecule has 1 heterocycles. The molecule has 0 fully saturated rings. The summed E-state index contributed by atoms with van der Waals surface area (Å²) in [6.45, 7) is 5.34. The van der Waals surface area contributed by atoms with Gasteiger partial charge in [0.15, 0.2) is 5.82 Å². The summed E-state index contributed by atoms with van der Waals surface area (Å²) >= 11 is 0. The number of nitrogens with zero attached hydrogens (tertiary/aromatic N) is 2. The molecule has 134 valence electrons. The number of aromatic nitrogens is 2. The fourth-order valence-corrected chi connectivity index (χ4v) is 2.21. The predicted octanol–water partition coefficient (Wildman–Crippen LogP) is 1.79. The largest absolute Gasteiger partial charge is 0.477 e. The summed E-state index contributed by atoms with van der Waals surface area (Å²) in [5.74, 6) is 0.125. The first-order valence-electron chi connectivity index (χ1n) is 8.17. The number of benzene rings is 1. The van der Waals surface area contributed by atoms with Gasteiger partial charge in [-0.3, -0.25) is 4.79 Å². The van der Waals surface area contributed by atoms with Crippen molar-refractivity contribution in [2.24, 2.45) is 11.5 Å². The Bertz CT molecular complexity index is 735. The first-order chi connectivity index (χ1) is 12.0. The highest BCUT2D eigenvalue weighted by molar-refractivity contribution is 6.00. The van der Waals surface area contributed by atoms with Gasteiger partial charge in [0.25, 0.3) is 5.91 Å². The number of carbonyl (C=O) groups excluding carboxylic acids is 1. The van der Waals surface area contributed by atoms with E-state index in [0.717, 1.165) is 11.3 Å². The summed E-state index contributed by atoms with van der Waals surface area (Å²) in [4.78, 5) is 20.6. The summed E-state index contributed by atoms with van der Waals surface area (Å²) in [5, 5.41) is 6.15. The van der Waals surface area contributed by atoms with Crippen molar-refractivity contribution in [2.45, 2.75) is 20.3 Å². The molecule has 0 spiro atoms. The zero-order valence-corrected chi connectivity index (χ0v) is 14.5. The fourth-order valence-electron chi connectivity index (χ4n) is 2.21. The number of carbonyl (C=O) groups is 1. The van der Waals surface area contributed by atoms with Crippen LogP contribution in [0, 0.1) is 6.92 Å². The van der Waals surface area contributed by atoms with Crippen LogP contribution in [0.2, 0.25) is 0 Å². The maximum absolute atomic E-state index is 12.0. The van der Waals surface area contributed by atoms with Crippen LogP contribution in [0.3, 0.4) is 0 Å². The lowest BCUT2D eigenvalue weighted by atomic mass is 10.2. The van der Waals surface area contributed by atoms with E-state index in [2.05, 4.69) is 20.6 Å². The molecule has 0 aliphatic heterocycles. The van der Waals surface area contributed by atoms with Gasteiger partial charge in [0.2, 0.25) is 11.8 Å². The van der Waals surface area contributed by atoms with E-state index in [4.69, 9.17) is 16.2 Å². The molecular weight excluding hydrogens is 320 g/mol. The van der Waals surface area contributed by atoms with E-state index in [9.17, 15) is 4.79 Å². The molecule has 1 aromatic carbocycles. The zero-order valence-electron chi connectivity index (χ0n) is 14.5. The molecule has 2 aromatic rings. The highest BCUT2D eigenvalue weighted by Gasteiger charge is 2.21. The first kappa shape index (κ1) is 18.5. The van der Waals surface area contributed by atoms with Crippen LogP contribution in [0.4, 0.5) is 17.5 Å². The normalized spacial score (nSPS) is 10.4. The van der Waals surface area contributed by atoms with E-state index in [1.54, 1.807) is 0 Å². The molecule has 0 aliphatic rings. The molecule has 25 heavy (non-hydrogen) atoms. The third kappa shape index (κ3) is 5.05. The molecular formula is C17H24N6O2. The van der Waals surface area contributed by atoms with Crippen LogP contribution in [-0.2, 0) is 0 Å². The van der Waals surface area contributed by atoms with E-state index in [-0.39, 0.29) is 11.4 Å². The molecule has 1 amide bonds. The van der Waals surface area contributed by atoms with Crippen LogP contribution in [-0.4, -0.2) is 35.6 Å². The Labute approximate surface area is 147 Å². The molecule has 8 nitrogen and oxygen atoms in total. The number of hydrogen-bond donors (Lipinski definition) is 4. The monoisotopic (exact) mass is 344 g/mol. The summed E-state index contributed by atoms with van der Waals surface area (Å²) in [6, 6.07) is 7.70.